The van der Waals surface area contributed by atoms with Gasteiger partial charge in [0.25, 0.3) is 0 Å². The molecule has 5 nitrogen and oxygen atoms in total. The first-order valence-electron chi connectivity index (χ1n) is 7.34. The van der Waals surface area contributed by atoms with E-state index >= 15 is 0 Å². The Balaban J connectivity index is 0.000000924. The maximum absolute atomic E-state index is 12.1. The van der Waals surface area contributed by atoms with Gasteiger partial charge in [-0.3, -0.25) is 16.5 Å². The number of carbonyl (C=O) groups is 1. The molecular weight excluding hydrogens is 290 g/mol. The summed E-state index contributed by atoms with van der Waals surface area (Å²) in [7, 11) is 0. The minimum absolute atomic E-state index is 0.0732. The van der Waals surface area contributed by atoms with Crippen molar-refractivity contribution < 1.29 is 9.90 Å². The lowest BCUT2D eigenvalue weighted by atomic mass is 10.0. The van der Waals surface area contributed by atoms with E-state index < -0.39 is 0 Å². The largest absolute Gasteiger partial charge is 0.395 e. The molecule has 5 heteroatoms. The first-order valence-corrected chi connectivity index (χ1v) is 7.34. The van der Waals surface area contributed by atoms with Gasteiger partial charge in [-0.1, -0.05) is 43.0 Å². The van der Waals surface area contributed by atoms with Crippen LogP contribution in [0.2, 0.25) is 0 Å². The van der Waals surface area contributed by atoms with Crippen LogP contribution in [0.15, 0.2) is 55.1 Å². The monoisotopic (exact) mass is 311 g/mol. The van der Waals surface area contributed by atoms with Crippen molar-refractivity contribution >= 4 is 11.6 Å². The Morgan fingerprint density at radius 1 is 1.17 bits per heavy atom. The molecule has 1 aliphatic carbocycles. The minimum Gasteiger partial charge on any atom is -0.395 e. The quantitative estimate of drug-likeness (QED) is 0.387. The van der Waals surface area contributed by atoms with Crippen LogP contribution in [0.3, 0.4) is 0 Å². The summed E-state index contributed by atoms with van der Waals surface area (Å²) in [5.41, 5.74) is 5.67. The van der Waals surface area contributed by atoms with Crippen LogP contribution in [0.4, 0.5) is 5.69 Å². The van der Waals surface area contributed by atoms with E-state index in [9.17, 15) is 9.90 Å². The molecule has 0 atom stereocenters. The summed E-state index contributed by atoms with van der Waals surface area (Å²) >= 11 is 0. The number of hydrogen-bond acceptors (Lipinski definition) is 4. The molecule has 0 aromatic heterocycles. The average Bonchev–Trinajstić information content (AvgIpc) is 3.00. The Morgan fingerprint density at radius 3 is 2.57 bits per heavy atom. The predicted molar refractivity (Wildman–Crippen MR) is 92.7 cm³/mol. The van der Waals surface area contributed by atoms with Crippen molar-refractivity contribution in [2.45, 2.75) is 6.42 Å². The number of nitrogens with two attached hydrogens (primary N) is 2. The van der Waals surface area contributed by atoms with Gasteiger partial charge in [0.1, 0.15) is 0 Å². The molecule has 120 valence electrons. The highest BCUT2D eigenvalue weighted by atomic mass is 16.3. The highest BCUT2D eigenvalue weighted by Crippen LogP contribution is 2.41. The number of carbonyl (C=O) groups excluding carboxylic acids is 1. The van der Waals surface area contributed by atoms with Crippen LogP contribution >= 0.6 is 0 Å². The Morgan fingerprint density at radius 2 is 1.87 bits per heavy atom. The van der Waals surface area contributed by atoms with Gasteiger partial charge in [0, 0.05) is 18.7 Å². The van der Waals surface area contributed by atoms with Crippen LogP contribution in [0, 0.1) is 0 Å². The van der Waals surface area contributed by atoms with Crippen molar-refractivity contribution in [2.75, 3.05) is 18.1 Å². The molecule has 0 heterocycles. The summed E-state index contributed by atoms with van der Waals surface area (Å²) in [5, 5.41) is 9.24. The lowest BCUT2D eigenvalue weighted by Gasteiger charge is -2.23. The van der Waals surface area contributed by atoms with Crippen molar-refractivity contribution in [3.8, 4) is 11.1 Å². The molecule has 0 aliphatic heterocycles. The molecule has 2 aromatic rings. The van der Waals surface area contributed by atoms with Gasteiger partial charge in [0.2, 0.25) is 5.91 Å². The number of hydrazine groups is 1. The molecule has 0 unspecified atom stereocenters. The zero-order valence-electron chi connectivity index (χ0n) is 12.9. The zero-order valence-corrected chi connectivity index (χ0v) is 12.9. The third-order valence-electron chi connectivity index (χ3n) is 3.88. The van der Waals surface area contributed by atoms with Gasteiger partial charge in [0.15, 0.2) is 0 Å². The lowest BCUT2D eigenvalue weighted by molar-refractivity contribution is -0.114. The summed E-state index contributed by atoms with van der Waals surface area (Å²) in [6.45, 7) is 3.75. The van der Waals surface area contributed by atoms with Crippen molar-refractivity contribution in [1.29, 1.82) is 0 Å². The number of nitrogens with zero attached hydrogens (tertiary/aromatic N) is 1. The third kappa shape index (κ3) is 3.17. The number of fused-ring (bicyclic) bond motifs is 3. The molecule has 0 saturated heterocycles. The smallest absolute Gasteiger partial charge is 0.250 e. The van der Waals surface area contributed by atoms with Crippen LogP contribution in [-0.2, 0) is 11.2 Å². The maximum atomic E-state index is 12.1. The third-order valence-corrected chi connectivity index (χ3v) is 3.88. The van der Waals surface area contributed by atoms with E-state index in [4.69, 9.17) is 0 Å². The number of amides is 1. The number of aliphatic hydroxyl groups is 1. The van der Waals surface area contributed by atoms with Crippen LogP contribution < -0.4 is 16.6 Å². The Labute approximate surface area is 135 Å². The lowest BCUT2D eigenvalue weighted by Crippen LogP contribution is -2.32. The molecule has 0 saturated carbocycles. The fourth-order valence-electron chi connectivity index (χ4n) is 2.95. The normalized spacial score (nSPS) is 10.9. The van der Waals surface area contributed by atoms with Gasteiger partial charge in [-0.05, 0) is 34.4 Å². The molecule has 0 radical (unpaired) electrons. The second-order valence-corrected chi connectivity index (χ2v) is 5.05. The predicted octanol–water partition coefficient (Wildman–Crippen LogP) is 1.59. The first kappa shape index (κ1) is 16.9. The average molecular weight is 311 g/mol. The second-order valence-electron chi connectivity index (χ2n) is 5.05. The summed E-state index contributed by atoms with van der Waals surface area (Å²) in [5.74, 6) is 7.81. The van der Waals surface area contributed by atoms with Gasteiger partial charge in [-0.15, -0.1) is 0 Å². The molecule has 3 rings (SSSR count). The zero-order chi connectivity index (χ0) is 16.8. The molecule has 0 bridgehead atoms. The molecule has 2 aromatic carbocycles. The number of benzene rings is 2. The standard InChI is InChI=1S/C18H17NO2.H4N2/c1-2-18(21)19(10-11-20)17-9-5-8-15-14-7-4-3-6-13(14)12-16(15)17;1-2/h2-9,20H,1,10-12H2;1-2H2. The highest BCUT2D eigenvalue weighted by Gasteiger charge is 2.24. The van der Waals surface area contributed by atoms with Crippen molar-refractivity contribution in [3.63, 3.8) is 0 Å². The van der Waals surface area contributed by atoms with Gasteiger partial charge >= 0.3 is 0 Å². The summed E-state index contributed by atoms with van der Waals surface area (Å²) in [6, 6.07) is 14.3. The van der Waals surface area contributed by atoms with E-state index in [0.29, 0.717) is 0 Å². The summed E-state index contributed by atoms with van der Waals surface area (Å²) in [4.78, 5) is 13.7. The summed E-state index contributed by atoms with van der Waals surface area (Å²) in [6.07, 6.45) is 2.10. The number of aliphatic hydroxyl groups excluding tert-OH is 1. The van der Waals surface area contributed by atoms with Crippen LogP contribution in [0.5, 0.6) is 0 Å². The molecule has 0 spiro atoms. The van der Waals surface area contributed by atoms with E-state index in [1.54, 1.807) is 4.90 Å². The fraction of sp³-hybridized carbons (Fsp3) is 0.167. The van der Waals surface area contributed by atoms with Crippen molar-refractivity contribution in [2.24, 2.45) is 11.7 Å². The SMILES string of the molecule is C=CC(=O)N(CCO)c1cccc2c1Cc1ccccc1-2.NN. The Hall–Kier alpha value is -2.47. The van der Waals surface area contributed by atoms with Crippen LogP contribution in [0.1, 0.15) is 11.1 Å². The molecular formula is C18H21N3O2. The van der Waals surface area contributed by atoms with E-state index in [1.165, 1.54) is 22.8 Å². The second kappa shape index (κ2) is 7.69. The molecule has 23 heavy (non-hydrogen) atoms. The van der Waals surface area contributed by atoms with Crippen molar-refractivity contribution in [3.05, 3.63) is 66.2 Å². The van der Waals surface area contributed by atoms with E-state index in [0.717, 1.165) is 17.7 Å². The van der Waals surface area contributed by atoms with Gasteiger partial charge in [0.05, 0.1) is 6.61 Å². The first-order chi connectivity index (χ1) is 11.3. The summed E-state index contributed by atoms with van der Waals surface area (Å²) < 4.78 is 0. The Kier molecular flexibility index (Phi) is 5.65. The Bertz CT molecular complexity index is 713. The van der Waals surface area contributed by atoms with E-state index in [2.05, 4.69) is 36.5 Å². The number of hydrogen-bond donors (Lipinski definition) is 3. The molecule has 1 aliphatic rings. The van der Waals surface area contributed by atoms with E-state index in [-0.39, 0.29) is 19.1 Å². The number of anilines is 1. The fourth-order valence-corrected chi connectivity index (χ4v) is 2.95. The highest BCUT2D eigenvalue weighted by molar-refractivity contribution is 6.02. The topological polar surface area (TPSA) is 92.6 Å². The van der Waals surface area contributed by atoms with Crippen LogP contribution in [-0.4, -0.2) is 24.2 Å². The van der Waals surface area contributed by atoms with Gasteiger partial charge < -0.3 is 10.0 Å². The molecule has 5 N–H and O–H groups in total. The maximum Gasteiger partial charge on any atom is 0.250 e. The van der Waals surface area contributed by atoms with E-state index in [1.807, 2.05) is 24.3 Å². The van der Waals surface area contributed by atoms with Crippen molar-refractivity contribution in [1.82, 2.24) is 0 Å². The molecule has 1 amide bonds. The molecule has 0 fully saturated rings. The number of rotatable bonds is 4. The van der Waals surface area contributed by atoms with Gasteiger partial charge in [-0.25, -0.2) is 0 Å². The van der Waals surface area contributed by atoms with Crippen LogP contribution in [0.25, 0.3) is 11.1 Å². The van der Waals surface area contributed by atoms with Gasteiger partial charge in [-0.2, -0.15) is 0 Å². The minimum atomic E-state index is -0.187.